The van der Waals surface area contributed by atoms with Crippen molar-refractivity contribution in [3.63, 3.8) is 0 Å². The van der Waals surface area contributed by atoms with Crippen LogP contribution >= 0.6 is 0 Å². The lowest BCUT2D eigenvalue weighted by molar-refractivity contribution is 0.496. The van der Waals surface area contributed by atoms with E-state index in [1.807, 2.05) is 4.68 Å². The summed E-state index contributed by atoms with van der Waals surface area (Å²) in [7, 11) is 0. The predicted octanol–water partition coefficient (Wildman–Crippen LogP) is 2.73. The summed E-state index contributed by atoms with van der Waals surface area (Å²) in [6, 6.07) is 9.11. The first-order valence-electron chi connectivity index (χ1n) is 7.47. The van der Waals surface area contributed by atoms with Crippen LogP contribution in [0.15, 0.2) is 30.6 Å². The summed E-state index contributed by atoms with van der Waals surface area (Å²) in [5.74, 6) is 0.988. The maximum absolute atomic E-state index is 5.66. The highest BCUT2D eigenvalue weighted by molar-refractivity contribution is 5.48. The van der Waals surface area contributed by atoms with Crippen LogP contribution in [0.2, 0.25) is 0 Å². The van der Waals surface area contributed by atoms with Crippen LogP contribution in [0.4, 0.5) is 5.69 Å². The zero-order chi connectivity index (χ0) is 15.4. The van der Waals surface area contributed by atoms with Crippen LogP contribution in [0.25, 0.3) is 0 Å². The number of hydrogen-bond donors (Lipinski definition) is 1. The van der Waals surface area contributed by atoms with Crippen molar-refractivity contribution < 1.29 is 0 Å². The van der Waals surface area contributed by atoms with Gasteiger partial charge in [0, 0.05) is 24.3 Å². The lowest BCUT2D eigenvalue weighted by atomic mass is 10.1. The van der Waals surface area contributed by atoms with E-state index in [1.54, 1.807) is 6.33 Å². The van der Waals surface area contributed by atoms with Crippen molar-refractivity contribution in [2.75, 3.05) is 4.90 Å². The Morgan fingerprint density at radius 2 is 1.81 bits per heavy atom. The maximum Gasteiger partial charge on any atom is 0.146 e. The molecule has 0 radical (unpaired) electrons. The molecule has 2 rings (SSSR count). The van der Waals surface area contributed by atoms with Gasteiger partial charge in [0.2, 0.25) is 0 Å². The number of nitrogens with zero attached hydrogens (tertiary/aromatic N) is 4. The number of hydrogen-bond acceptors (Lipinski definition) is 4. The van der Waals surface area contributed by atoms with Crippen LogP contribution in [-0.2, 0) is 13.1 Å². The molecule has 0 saturated carbocycles. The molecule has 0 aliphatic carbocycles. The molecule has 0 aliphatic rings. The normalized spacial score (nSPS) is 11.4. The summed E-state index contributed by atoms with van der Waals surface area (Å²) in [4.78, 5) is 6.73. The van der Waals surface area contributed by atoms with Crippen LogP contribution in [0.5, 0.6) is 0 Å². The number of aromatic nitrogens is 3. The van der Waals surface area contributed by atoms with E-state index < -0.39 is 0 Å². The standard InChI is InChI=1S/C16H25N5/c1-12(2)20(15-7-5-14(9-17)6-8-15)10-16-18-11-19-21(16)13(3)4/h5-8,11-13H,9-10,17H2,1-4H3. The topological polar surface area (TPSA) is 60.0 Å². The van der Waals surface area contributed by atoms with E-state index in [9.17, 15) is 0 Å². The Labute approximate surface area is 126 Å². The Balaban J connectivity index is 2.24. The van der Waals surface area contributed by atoms with Crippen molar-refractivity contribution in [1.29, 1.82) is 0 Å². The Kier molecular flexibility index (Phi) is 4.96. The van der Waals surface area contributed by atoms with Crippen molar-refractivity contribution in [3.05, 3.63) is 42.0 Å². The molecule has 0 atom stereocenters. The monoisotopic (exact) mass is 287 g/mol. The van der Waals surface area contributed by atoms with E-state index in [4.69, 9.17) is 5.73 Å². The van der Waals surface area contributed by atoms with Crippen LogP contribution in [0.3, 0.4) is 0 Å². The van der Waals surface area contributed by atoms with Gasteiger partial charge in [0.25, 0.3) is 0 Å². The van der Waals surface area contributed by atoms with Gasteiger partial charge < -0.3 is 10.6 Å². The molecule has 1 aromatic heterocycles. The minimum Gasteiger partial charge on any atom is -0.362 e. The molecule has 0 fully saturated rings. The van der Waals surface area contributed by atoms with Crippen molar-refractivity contribution in [1.82, 2.24) is 14.8 Å². The fourth-order valence-electron chi connectivity index (χ4n) is 2.37. The van der Waals surface area contributed by atoms with E-state index in [0.717, 1.165) is 17.9 Å². The second-order valence-corrected chi connectivity index (χ2v) is 5.81. The molecule has 0 unspecified atom stereocenters. The van der Waals surface area contributed by atoms with E-state index in [-0.39, 0.29) is 0 Å². The van der Waals surface area contributed by atoms with E-state index >= 15 is 0 Å². The predicted molar refractivity (Wildman–Crippen MR) is 86.1 cm³/mol. The molecule has 21 heavy (non-hydrogen) atoms. The van der Waals surface area contributed by atoms with Gasteiger partial charge in [-0.2, -0.15) is 5.10 Å². The minimum absolute atomic E-state index is 0.316. The zero-order valence-corrected chi connectivity index (χ0v) is 13.3. The van der Waals surface area contributed by atoms with Crippen LogP contribution in [-0.4, -0.2) is 20.8 Å². The molecule has 0 amide bonds. The Morgan fingerprint density at radius 1 is 1.14 bits per heavy atom. The summed E-state index contributed by atoms with van der Waals surface area (Å²) in [6.45, 7) is 9.93. The molecule has 1 heterocycles. The molecule has 1 aromatic carbocycles. The summed E-state index contributed by atoms with van der Waals surface area (Å²) < 4.78 is 1.98. The Bertz CT molecular complexity index is 556. The number of benzene rings is 1. The van der Waals surface area contributed by atoms with Gasteiger partial charge in [0.15, 0.2) is 0 Å². The summed E-state index contributed by atoms with van der Waals surface area (Å²) >= 11 is 0. The minimum atomic E-state index is 0.316. The first kappa shape index (κ1) is 15.5. The van der Waals surface area contributed by atoms with E-state index in [2.05, 4.69) is 66.9 Å². The molecule has 0 saturated heterocycles. The average Bonchev–Trinajstić information content (AvgIpc) is 2.93. The highest BCUT2D eigenvalue weighted by Gasteiger charge is 2.16. The van der Waals surface area contributed by atoms with Gasteiger partial charge in [-0.15, -0.1) is 0 Å². The van der Waals surface area contributed by atoms with Gasteiger partial charge in [0.05, 0.1) is 6.54 Å². The highest BCUT2D eigenvalue weighted by atomic mass is 15.4. The largest absolute Gasteiger partial charge is 0.362 e. The average molecular weight is 287 g/mol. The molecule has 114 valence electrons. The van der Waals surface area contributed by atoms with Gasteiger partial charge in [0.1, 0.15) is 12.2 Å². The molecule has 0 aliphatic heterocycles. The molecule has 2 aromatic rings. The fourth-order valence-corrected chi connectivity index (χ4v) is 2.37. The van der Waals surface area contributed by atoms with Gasteiger partial charge in [-0.25, -0.2) is 9.67 Å². The van der Waals surface area contributed by atoms with Crippen molar-refractivity contribution in [2.24, 2.45) is 5.73 Å². The van der Waals surface area contributed by atoms with E-state index in [1.165, 1.54) is 5.69 Å². The Hall–Kier alpha value is -1.88. The summed E-state index contributed by atoms with van der Waals surface area (Å²) in [6.07, 6.45) is 1.63. The number of rotatable bonds is 6. The second-order valence-electron chi connectivity index (χ2n) is 5.81. The molecular formula is C16H25N5. The van der Waals surface area contributed by atoms with Crippen LogP contribution < -0.4 is 10.6 Å². The van der Waals surface area contributed by atoms with Crippen molar-refractivity contribution in [2.45, 2.75) is 52.9 Å². The first-order chi connectivity index (χ1) is 10.0. The smallest absolute Gasteiger partial charge is 0.146 e. The lowest BCUT2D eigenvalue weighted by Crippen LogP contribution is -2.31. The third kappa shape index (κ3) is 3.61. The van der Waals surface area contributed by atoms with Gasteiger partial charge in [-0.1, -0.05) is 12.1 Å². The molecule has 5 nitrogen and oxygen atoms in total. The summed E-state index contributed by atoms with van der Waals surface area (Å²) in [5.41, 5.74) is 7.99. The molecule has 0 bridgehead atoms. The quantitative estimate of drug-likeness (QED) is 0.887. The molecule has 2 N–H and O–H groups in total. The highest BCUT2D eigenvalue weighted by Crippen LogP contribution is 2.21. The molecule has 0 spiro atoms. The van der Waals surface area contributed by atoms with Crippen LogP contribution in [0, 0.1) is 0 Å². The fraction of sp³-hybridized carbons (Fsp3) is 0.500. The molecule has 5 heteroatoms. The Morgan fingerprint density at radius 3 is 2.33 bits per heavy atom. The first-order valence-corrected chi connectivity index (χ1v) is 7.47. The van der Waals surface area contributed by atoms with Crippen molar-refractivity contribution >= 4 is 5.69 Å². The number of anilines is 1. The maximum atomic E-state index is 5.66. The second kappa shape index (κ2) is 6.72. The zero-order valence-electron chi connectivity index (χ0n) is 13.3. The summed E-state index contributed by atoms with van der Waals surface area (Å²) in [5, 5.41) is 4.31. The molecular weight excluding hydrogens is 262 g/mol. The number of nitrogens with two attached hydrogens (primary N) is 1. The van der Waals surface area contributed by atoms with Crippen molar-refractivity contribution in [3.8, 4) is 0 Å². The van der Waals surface area contributed by atoms with Gasteiger partial charge >= 0.3 is 0 Å². The van der Waals surface area contributed by atoms with Crippen LogP contribution in [0.1, 0.15) is 45.1 Å². The third-order valence-corrected chi connectivity index (χ3v) is 3.58. The lowest BCUT2D eigenvalue weighted by Gasteiger charge is -2.29. The van der Waals surface area contributed by atoms with Gasteiger partial charge in [-0.05, 0) is 45.4 Å². The van der Waals surface area contributed by atoms with E-state index in [0.29, 0.717) is 18.6 Å². The SMILES string of the molecule is CC(C)N(Cc1ncnn1C(C)C)c1ccc(CN)cc1. The van der Waals surface area contributed by atoms with Gasteiger partial charge in [-0.3, -0.25) is 0 Å². The third-order valence-electron chi connectivity index (χ3n) is 3.58.